The number of thioether (sulfide) groups is 1. The van der Waals surface area contributed by atoms with E-state index in [1.54, 1.807) is 12.1 Å². The van der Waals surface area contributed by atoms with Gasteiger partial charge in [-0.05, 0) is 31.1 Å². The molecule has 1 aromatic carbocycles. The van der Waals surface area contributed by atoms with Crippen molar-refractivity contribution in [2.24, 2.45) is 5.18 Å². The summed E-state index contributed by atoms with van der Waals surface area (Å²) in [5, 5.41) is 11.9. The SMILES string of the molecule is CC(C(=O)O)c1ccc(/C=C2\SCCC2N=O)c(F)c1. The van der Waals surface area contributed by atoms with Crippen molar-refractivity contribution in [3.8, 4) is 0 Å². The maximum Gasteiger partial charge on any atom is 0.310 e. The predicted octanol–water partition coefficient (Wildman–Crippen LogP) is 3.63. The molecule has 1 fully saturated rings. The average Bonchev–Trinajstić information content (AvgIpc) is 2.87. The number of hydrogen-bond acceptors (Lipinski definition) is 4. The molecule has 2 atom stereocenters. The van der Waals surface area contributed by atoms with Crippen LogP contribution < -0.4 is 0 Å². The molecular formula is C14H14FNO3S. The number of halogens is 1. The number of nitroso groups, excluding NO2 is 1. The van der Waals surface area contributed by atoms with Crippen molar-refractivity contribution in [1.82, 2.24) is 0 Å². The van der Waals surface area contributed by atoms with Gasteiger partial charge in [-0.3, -0.25) is 4.79 Å². The van der Waals surface area contributed by atoms with Gasteiger partial charge in [-0.25, -0.2) is 4.39 Å². The highest BCUT2D eigenvalue weighted by atomic mass is 32.2. The Hall–Kier alpha value is -1.69. The number of carboxylic acids is 1. The molecule has 6 heteroatoms. The minimum Gasteiger partial charge on any atom is -0.481 e. The minimum atomic E-state index is -0.993. The molecule has 0 aromatic heterocycles. The Kier molecular flexibility index (Phi) is 4.54. The molecule has 2 unspecified atom stereocenters. The van der Waals surface area contributed by atoms with Gasteiger partial charge in [-0.1, -0.05) is 17.3 Å². The Morgan fingerprint density at radius 3 is 2.95 bits per heavy atom. The fourth-order valence-electron chi connectivity index (χ4n) is 1.99. The zero-order valence-electron chi connectivity index (χ0n) is 10.9. The quantitative estimate of drug-likeness (QED) is 0.861. The van der Waals surface area contributed by atoms with E-state index < -0.39 is 23.7 Å². The molecule has 0 bridgehead atoms. The molecule has 106 valence electrons. The van der Waals surface area contributed by atoms with Gasteiger partial charge in [0.05, 0.1) is 5.92 Å². The number of aliphatic carboxylic acids is 1. The van der Waals surface area contributed by atoms with E-state index in [0.717, 1.165) is 10.7 Å². The molecule has 1 aliphatic rings. The zero-order valence-corrected chi connectivity index (χ0v) is 11.7. The minimum absolute atomic E-state index is 0.351. The molecule has 1 heterocycles. The maximum absolute atomic E-state index is 14.0. The van der Waals surface area contributed by atoms with Gasteiger partial charge in [0.1, 0.15) is 11.9 Å². The third-order valence-corrected chi connectivity index (χ3v) is 4.47. The molecule has 0 radical (unpaired) electrons. The van der Waals surface area contributed by atoms with Gasteiger partial charge < -0.3 is 5.11 Å². The summed E-state index contributed by atoms with van der Waals surface area (Å²) in [6, 6.07) is 3.97. The topological polar surface area (TPSA) is 66.7 Å². The van der Waals surface area contributed by atoms with E-state index >= 15 is 0 Å². The van der Waals surface area contributed by atoms with E-state index in [1.165, 1.54) is 30.8 Å². The smallest absolute Gasteiger partial charge is 0.310 e. The first kappa shape index (κ1) is 14.7. The molecule has 4 nitrogen and oxygen atoms in total. The molecule has 20 heavy (non-hydrogen) atoms. The van der Waals surface area contributed by atoms with Crippen LogP contribution in [0.2, 0.25) is 0 Å². The van der Waals surface area contributed by atoms with Gasteiger partial charge in [0, 0.05) is 16.2 Å². The summed E-state index contributed by atoms with van der Waals surface area (Å²) >= 11 is 1.50. The lowest BCUT2D eigenvalue weighted by atomic mass is 9.99. The third kappa shape index (κ3) is 3.07. The van der Waals surface area contributed by atoms with Crippen LogP contribution in [0.4, 0.5) is 4.39 Å². The van der Waals surface area contributed by atoms with Crippen LogP contribution in [0.3, 0.4) is 0 Å². The Morgan fingerprint density at radius 2 is 2.35 bits per heavy atom. The van der Waals surface area contributed by atoms with Crippen molar-refractivity contribution in [2.45, 2.75) is 25.3 Å². The normalized spacial score (nSPS) is 21.9. The second kappa shape index (κ2) is 6.17. The average molecular weight is 295 g/mol. The van der Waals surface area contributed by atoms with Gasteiger partial charge in [-0.15, -0.1) is 11.8 Å². The number of carbonyl (C=O) groups is 1. The summed E-state index contributed by atoms with van der Waals surface area (Å²) < 4.78 is 14.0. The van der Waals surface area contributed by atoms with Crippen molar-refractivity contribution >= 4 is 23.8 Å². The van der Waals surface area contributed by atoms with Crippen LogP contribution in [0, 0.1) is 10.7 Å². The highest BCUT2D eigenvalue weighted by molar-refractivity contribution is 8.03. The largest absolute Gasteiger partial charge is 0.481 e. The standard InChI is InChI=1S/C14H14FNO3S/c1-8(14(17)18)9-2-3-10(11(15)6-9)7-13-12(16-19)4-5-20-13/h2-3,6-8,12H,4-5H2,1H3,(H,17,18)/b13-7-. The number of benzene rings is 1. The number of rotatable bonds is 4. The second-order valence-electron chi connectivity index (χ2n) is 4.65. The lowest BCUT2D eigenvalue weighted by molar-refractivity contribution is -0.138. The number of nitrogens with zero attached hydrogens (tertiary/aromatic N) is 1. The monoisotopic (exact) mass is 295 g/mol. The molecule has 1 N–H and O–H groups in total. The van der Waals surface area contributed by atoms with Crippen molar-refractivity contribution < 1.29 is 14.3 Å². The van der Waals surface area contributed by atoms with Crippen LogP contribution in [0.1, 0.15) is 30.4 Å². The first-order valence-corrected chi connectivity index (χ1v) is 7.20. The van der Waals surface area contributed by atoms with E-state index in [-0.39, 0.29) is 0 Å². The summed E-state index contributed by atoms with van der Waals surface area (Å²) in [6.07, 6.45) is 2.30. The molecular weight excluding hydrogens is 281 g/mol. The lowest BCUT2D eigenvalue weighted by Crippen LogP contribution is -2.07. The fourth-order valence-corrected chi connectivity index (χ4v) is 3.14. The van der Waals surface area contributed by atoms with Gasteiger partial charge in [0.25, 0.3) is 0 Å². The predicted molar refractivity (Wildman–Crippen MR) is 77.1 cm³/mol. The van der Waals surface area contributed by atoms with Crippen LogP contribution in [0.25, 0.3) is 6.08 Å². The maximum atomic E-state index is 14.0. The zero-order chi connectivity index (χ0) is 14.7. The van der Waals surface area contributed by atoms with Gasteiger partial charge in [0.15, 0.2) is 0 Å². The van der Waals surface area contributed by atoms with E-state index in [4.69, 9.17) is 5.11 Å². The molecule has 2 rings (SSSR count). The lowest BCUT2D eigenvalue weighted by Gasteiger charge is -2.08. The first-order chi connectivity index (χ1) is 9.52. The summed E-state index contributed by atoms with van der Waals surface area (Å²) in [5.41, 5.74) is 0.769. The van der Waals surface area contributed by atoms with Crippen LogP contribution in [0.15, 0.2) is 28.3 Å². The first-order valence-electron chi connectivity index (χ1n) is 6.22. The molecule has 1 aromatic rings. The number of hydrogen-bond donors (Lipinski definition) is 1. The van der Waals surface area contributed by atoms with E-state index in [9.17, 15) is 14.1 Å². The van der Waals surface area contributed by atoms with E-state index in [2.05, 4.69) is 5.18 Å². The molecule has 0 aliphatic carbocycles. The summed E-state index contributed by atoms with van der Waals surface area (Å²) in [7, 11) is 0. The van der Waals surface area contributed by atoms with Crippen molar-refractivity contribution in [2.75, 3.05) is 5.75 Å². The molecule has 1 aliphatic heterocycles. The fraction of sp³-hybridized carbons (Fsp3) is 0.357. The summed E-state index contributed by atoms with van der Waals surface area (Å²) in [5.74, 6) is -1.43. The van der Waals surface area contributed by atoms with E-state index in [0.29, 0.717) is 17.5 Å². The van der Waals surface area contributed by atoms with Gasteiger partial charge in [-0.2, -0.15) is 4.91 Å². The van der Waals surface area contributed by atoms with Crippen LogP contribution >= 0.6 is 11.8 Å². The van der Waals surface area contributed by atoms with Crippen molar-refractivity contribution in [3.05, 3.63) is 45.0 Å². The Labute approximate surface area is 120 Å². The molecule has 0 spiro atoms. The Balaban J connectivity index is 2.28. The summed E-state index contributed by atoms with van der Waals surface area (Å²) in [6.45, 7) is 1.51. The second-order valence-corrected chi connectivity index (χ2v) is 5.81. The summed E-state index contributed by atoms with van der Waals surface area (Å²) in [4.78, 5) is 22.3. The van der Waals surface area contributed by atoms with Crippen molar-refractivity contribution in [3.63, 3.8) is 0 Å². The van der Waals surface area contributed by atoms with Crippen LogP contribution in [0.5, 0.6) is 0 Å². The highest BCUT2D eigenvalue weighted by Gasteiger charge is 2.23. The van der Waals surface area contributed by atoms with Gasteiger partial charge >= 0.3 is 5.97 Å². The van der Waals surface area contributed by atoms with Crippen LogP contribution in [-0.2, 0) is 4.79 Å². The Bertz CT molecular complexity index is 574. The van der Waals surface area contributed by atoms with Crippen LogP contribution in [-0.4, -0.2) is 22.9 Å². The van der Waals surface area contributed by atoms with E-state index in [1.807, 2.05) is 0 Å². The molecule has 1 saturated heterocycles. The Morgan fingerprint density at radius 1 is 1.60 bits per heavy atom. The third-order valence-electron chi connectivity index (χ3n) is 3.31. The highest BCUT2D eigenvalue weighted by Crippen LogP contribution is 2.35. The molecule has 0 saturated carbocycles. The number of carboxylic acid groups (broad SMARTS) is 1. The molecule has 0 amide bonds. The van der Waals surface area contributed by atoms with Crippen molar-refractivity contribution in [1.29, 1.82) is 0 Å². The van der Waals surface area contributed by atoms with Gasteiger partial charge in [0.2, 0.25) is 0 Å².